The zero-order valence-corrected chi connectivity index (χ0v) is 17.2. The van der Waals surface area contributed by atoms with Crippen LogP contribution in [-0.4, -0.2) is 51.2 Å². The summed E-state index contributed by atoms with van der Waals surface area (Å²) in [5.41, 5.74) is 4.04. The maximum atomic E-state index is 5.59. The monoisotopic (exact) mass is 400 g/mol. The van der Waals surface area contributed by atoms with Crippen molar-refractivity contribution < 1.29 is 4.52 Å². The first-order valence-corrected chi connectivity index (χ1v) is 10.3. The Balaban J connectivity index is 1.25. The van der Waals surface area contributed by atoms with Crippen molar-refractivity contribution in [2.75, 3.05) is 31.1 Å². The quantitative estimate of drug-likeness (QED) is 0.515. The molecule has 1 aliphatic heterocycles. The fourth-order valence-corrected chi connectivity index (χ4v) is 3.82. The van der Waals surface area contributed by atoms with Crippen LogP contribution in [0.1, 0.15) is 24.4 Å². The highest BCUT2D eigenvalue weighted by molar-refractivity contribution is 5.75. The van der Waals surface area contributed by atoms with Crippen LogP contribution in [0, 0.1) is 6.92 Å². The molecule has 3 heterocycles. The number of hydrogen-bond donors (Lipinski definition) is 0. The molecule has 0 bridgehead atoms. The van der Waals surface area contributed by atoms with Crippen LogP contribution in [0.3, 0.4) is 0 Å². The van der Waals surface area contributed by atoms with E-state index in [4.69, 9.17) is 9.51 Å². The molecule has 0 spiro atoms. The Morgan fingerprint density at radius 3 is 2.40 bits per heavy atom. The predicted molar refractivity (Wildman–Crippen MR) is 116 cm³/mol. The van der Waals surface area contributed by atoms with E-state index in [0.29, 0.717) is 11.7 Å². The smallest absolute Gasteiger partial charge is 0.244 e. The lowest BCUT2D eigenvalue weighted by molar-refractivity contribution is 0.164. The lowest BCUT2D eigenvalue weighted by atomic mass is 10.1. The Morgan fingerprint density at radius 1 is 0.900 bits per heavy atom. The van der Waals surface area contributed by atoms with Gasteiger partial charge in [0, 0.05) is 31.7 Å². The SMILES string of the molecule is Cc1ccc(-c2noc(C(C)N3CCN(c4cnc5ccccc5n4)CC3)n2)cc1. The van der Waals surface area contributed by atoms with E-state index in [1.807, 2.05) is 42.6 Å². The fourth-order valence-electron chi connectivity index (χ4n) is 3.82. The fraction of sp³-hybridized carbons (Fsp3) is 0.304. The van der Waals surface area contributed by atoms with Crippen molar-refractivity contribution in [1.29, 1.82) is 0 Å². The number of aryl methyl sites for hydroxylation is 1. The third-order valence-corrected chi connectivity index (χ3v) is 5.73. The van der Waals surface area contributed by atoms with Crippen LogP contribution < -0.4 is 4.90 Å². The maximum Gasteiger partial charge on any atom is 0.244 e. The number of hydrogen-bond acceptors (Lipinski definition) is 7. The molecule has 7 heteroatoms. The number of nitrogens with zero attached hydrogens (tertiary/aromatic N) is 6. The van der Waals surface area contributed by atoms with Crippen LogP contribution in [0.2, 0.25) is 0 Å². The molecule has 0 N–H and O–H groups in total. The Bertz CT molecular complexity index is 1150. The first-order chi connectivity index (χ1) is 14.7. The summed E-state index contributed by atoms with van der Waals surface area (Å²) >= 11 is 0. The summed E-state index contributed by atoms with van der Waals surface area (Å²) in [4.78, 5) is 18.6. The highest BCUT2D eigenvalue weighted by Crippen LogP contribution is 2.25. The Hall–Kier alpha value is -3.32. The third kappa shape index (κ3) is 3.64. The van der Waals surface area contributed by atoms with Crippen LogP contribution in [0.5, 0.6) is 0 Å². The molecule has 152 valence electrons. The molecule has 1 aliphatic rings. The van der Waals surface area contributed by atoms with Crippen LogP contribution in [-0.2, 0) is 0 Å². The summed E-state index contributed by atoms with van der Waals surface area (Å²) < 4.78 is 5.59. The molecule has 1 unspecified atom stereocenters. The first-order valence-electron chi connectivity index (χ1n) is 10.3. The molecule has 0 radical (unpaired) electrons. The second-order valence-corrected chi connectivity index (χ2v) is 7.74. The van der Waals surface area contributed by atoms with Gasteiger partial charge < -0.3 is 9.42 Å². The van der Waals surface area contributed by atoms with E-state index in [-0.39, 0.29) is 6.04 Å². The van der Waals surface area contributed by atoms with Crippen LogP contribution in [0.4, 0.5) is 5.82 Å². The average molecular weight is 400 g/mol. The molecule has 1 saturated heterocycles. The van der Waals surface area contributed by atoms with Crippen molar-refractivity contribution in [2.45, 2.75) is 19.9 Å². The molecule has 2 aromatic heterocycles. The Morgan fingerprint density at radius 2 is 1.63 bits per heavy atom. The summed E-state index contributed by atoms with van der Waals surface area (Å²) in [7, 11) is 0. The molecule has 0 amide bonds. The van der Waals surface area contributed by atoms with Crippen molar-refractivity contribution in [3.63, 3.8) is 0 Å². The van der Waals surface area contributed by atoms with Crippen molar-refractivity contribution in [3.05, 3.63) is 66.2 Å². The molecular formula is C23H24N6O. The second kappa shape index (κ2) is 7.84. The minimum Gasteiger partial charge on any atom is -0.353 e. The summed E-state index contributed by atoms with van der Waals surface area (Å²) in [6.45, 7) is 7.76. The van der Waals surface area contributed by atoms with Crippen LogP contribution >= 0.6 is 0 Å². The van der Waals surface area contributed by atoms with E-state index in [2.05, 4.69) is 50.9 Å². The van der Waals surface area contributed by atoms with Gasteiger partial charge in [-0.1, -0.05) is 47.1 Å². The zero-order chi connectivity index (χ0) is 20.5. The number of anilines is 1. The second-order valence-electron chi connectivity index (χ2n) is 7.74. The number of aromatic nitrogens is 4. The molecule has 30 heavy (non-hydrogen) atoms. The van der Waals surface area contributed by atoms with E-state index in [1.54, 1.807) is 0 Å². The van der Waals surface area contributed by atoms with Gasteiger partial charge in [0.2, 0.25) is 11.7 Å². The largest absolute Gasteiger partial charge is 0.353 e. The molecule has 0 saturated carbocycles. The Kier molecular flexibility index (Phi) is 4.88. The third-order valence-electron chi connectivity index (χ3n) is 5.73. The molecule has 5 rings (SSSR count). The van der Waals surface area contributed by atoms with Gasteiger partial charge in [-0.3, -0.25) is 9.88 Å². The van der Waals surface area contributed by atoms with Gasteiger partial charge in [-0.25, -0.2) is 4.98 Å². The van der Waals surface area contributed by atoms with Gasteiger partial charge in [0.05, 0.1) is 23.3 Å². The van der Waals surface area contributed by atoms with Gasteiger partial charge in [-0.2, -0.15) is 4.98 Å². The number of rotatable bonds is 4. The summed E-state index contributed by atoms with van der Waals surface area (Å²) in [5, 5.41) is 4.18. The topological polar surface area (TPSA) is 71.2 Å². The highest BCUT2D eigenvalue weighted by atomic mass is 16.5. The standard InChI is InChI=1S/C23H24N6O/c1-16-7-9-18(10-8-16)22-26-23(30-27-22)17(2)28-11-13-29(14-12-28)21-15-24-19-5-3-4-6-20(19)25-21/h3-10,15,17H,11-14H2,1-2H3. The summed E-state index contributed by atoms with van der Waals surface area (Å²) in [5.74, 6) is 2.23. The van der Waals surface area contributed by atoms with E-state index in [0.717, 1.165) is 48.6 Å². The molecule has 2 aromatic carbocycles. The van der Waals surface area contributed by atoms with Crippen LogP contribution in [0.15, 0.2) is 59.3 Å². The van der Waals surface area contributed by atoms with E-state index in [1.165, 1.54) is 5.56 Å². The minimum absolute atomic E-state index is 0.0709. The molecular weight excluding hydrogens is 376 g/mol. The van der Waals surface area contributed by atoms with Gasteiger partial charge in [-0.05, 0) is 26.0 Å². The molecule has 4 aromatic rings. The number of piperazine rings is 1. The molecule has 0 aliphatic carbocycles. The van der Waals surface area contributed by atoms with Gasteiger partial charge >= 0.3 is 0 Å². The normalized spacial score (nSPS) is 16.1. The van der Waals surface area contributed by atoms with Gasteiger partial charge in [-0.15, -0.1) is 0 Å². The van der Waals surface area contributed by atoms with Crippen molar-refractivity contribution >= 4 is 16.9 Å². The van der Waals surface area contributed by atoms with Crippen LogP contribution in [0.25, 0.3) is 22.4 Å². The van der Waals surface area contributed by atoms with Gasteiger partial charge in [0.15, 0.2) is 0 Å². The number of para-hydroxylation sites is 2. The van der Waals surface area contributed by atoms with Crippen molar-refractivity contribution in [1.82, 2.24) is 25.0 Å². The molecule has 1 atom stereocenters. The lowest BCUT2D eigenvalue weighted by Gasteiger charge is -2.37. The summed E-state index contributed by atoms with van der Waals surface area (Å²) in [6, 6.07) is 16.2. The Labute approximate surface area is 175 Å². The van der Waals surface area contributed by atoms with Crippen molar-refractivity contribution in [3.8, 4) is 11.4 Å². The van der Waals surface area contributed by atoms with E-state index < -0.39 is 0 Å². The molecule has 7 nitrogen and oxygen atoms in total. The molecule has 1 fully saturated rings. The van der Waals surface area contributed by atoms with Crippen molar-refractivity contribution in [2.24, 2.45) is 0 Å². The number of fused-ring (bicyclic) bond motifs is 1. The lowest BCUT2D eigenvalue weighted by Crippen LogP contribution is -2.47. The average Bonchev–Trinajstić information content (AvgIpc) is 3.29. The van der Waals surface area contributed by atoms with Gasteiger partial charge in [0.25, 0.3) is 0 Å². The van der Waals surface area contributed by atoms with E-state index >= 15 is 0 Å². The van der Waals surface area contributed by atoms with E-state index in [9.17, 15) is 0 Å². The number of benzene rings is 2. The highest BCUT2D eigenvalue weighted by Gasteiger charge is 2.26. The van der Waals surface area contributed by atoms with Gasteiger partial charge in [0.1, 0.15) is 5.82 Å². The maximum absolute atomic E-state index is 5.59. The zero-order valence-electron chi connectivity index (χ0n) is 17.2. The summed E-state index contributed by atoms with van der Waals surface area (Å²) in [6.07, 6.45) is 1.87. The first kappa shape index (κ1) is 18.7. The minimum atomic E-state index is 0.0709. The predicted octanol–water partition coefficient (Wildman–Crippen LogP) is 3.87.